The van der Waals surface area contributed by atoms with Crippen molar-refractivity contribution in [1.82, 2.24) is 5.32 Å². The number of ketones is 2. The molecular weight excluding hydrogens is 822 g/mol. The molecule has 1 amide bonds. The Bertz CT molecular complexity index is 1850. The molecule has 4 aliphatic carbocycles. The van der Waals surface area contributed by atoms with Gasteiger partial charge >= 0.3 is 17.9 Å². The van der Waals surface area contributed by atoms with Crippen molar-refractivity contribution in [2.75, 3.05) is 26.4 Å². The molecule has 3 N–H and O–H groups in total. The first kappa shape index (κ1) is 46.8. The molecule has 11 atom stereocenters. The van der Waals surface area contributed by atoms with Crippen molar-refractivity contribution in [2.24, 2.45) is 22.7 Å². The summed E-state index contributed by atoms with van der Waals surface area (Å²) in [5, 5.41) is 53.5. The fourth-order valence-electron chi connectivity index (χ4n) is 9.10. The summed E-state index contributed by atoms with van der Waals surface area (Å²) in [5.41, 5.74) is -9.47. The largest absolute Gasteiger partial charge is 0.462 e. The molecule has 3 fully saturated rings. The first-order chi connectivity index (χ1) is 27.9. The van der Waals surface area contributed by atoms with E-state index in [1.807, 2.05) is 0 Å². The van der Waals surface area contributed by atoms with E-state index in [2.05, 4.69) is 19.8 Å². The van der Waals surface area contributed by atoms with Crippen molar-refractivity contribution >= 4 is 35.4 Å². The molecule has 60 heavy (non-hydrogen) atoms. The monoisotopic (exact) mass is 864 g/mol. The Morgan fingerprint density at radius 1 is 0.950 bits per heavy atom. The van der Waals surface area contributed by atoms with Crippen molar-refractivity contribution in [1.29, 1.82) is 0 Å². The molecule has 24 nitrogen and oxygen atoms in total. The number of allylic oxidation sites excluding steroid dienone is 4. The van der Waals surface area contributed by atoms with E-state index in [-0.39, 0.29) is 12.0 Å². The molecule has 0 aliphatic heterocycles. The highest BCUT2D eigenvalue weighted by molar-refractivity contribution is 6.01. The predicted molar refractivity (Wildman–Crippen MR) is 185 cm³/mol. The Labute approximate surface area is 336 Å². The molecule has 3 saturated carbocycles. The van der Waals surface area contributed by atoms with Gasteiger partial charge in [0.25, 0.3) is 15.3 Å². The van der Waals surface area contributed by atoms with Gasteiger partial charge in [-0.2, -0.15) is 0 Å². The van der Waals surface area contributed by atoms with Crippen LogP contribution in [0.15, 0.2) is 23.8 Å². The van der Waals surface area contributed by atoms with Crippen LogP contribution in [-0.4, -0.2) is 129 Å². The third-order valence-electron chi connectivity index (χ3n) is 11.6. The van der Waals surface area contributed by atoms with Crippen molar-refractivity contribution in [3.63, 3.8) is 0 Å². The van der Waals surface area contributed by atoms with Crippen LogP contribution < -0.4 is 5.32 Å². The Morgan fingerprint density at radius 2 is 1.62 bits per heavy atom. The van der Waals surface area contributed by atoms with Crippen molar-refractivity contribution in [2.45, 2.75) is 101 Å². The Kier molecular flexibility index (Phi) is 14.1. The summed E-state index contributed by atoms with van der Waals surface area (Å²) in [5.74, 6) is -9.64. The van der Waals surface area contributed by atoms with E-state index in [1.54, 1.807) is 0 Å². The fourth-order valence-corrected chi connectivity index (χ4v) is 9.10. The minimum atomic E-state index is -2.75. The number of rotatable bonds is 20. The van der Waals surface area contributed by atoms with Gasteiger partial charge in [0.05, 0.1) is 19.1 Å². The van der Waals surface area contributed by atoms with E-state index in [0.717, 1.165) is 25.2 Å². The van der Waals surface area contributed by atoms with Gasteiger partial charge in [0.1, 0.15) is 31.5 Å². The lowest BCUT2D eigenvalue weighted by Gasteiger charge is -2.63. The highest BCUT2D eigenvalue weighted by atomic mass is 19.1. The van der Waals surface area contributed by atoms with Crippen LogP contribution in [0.2, 0.25) is 0 Å². The molecule has 332 valence electrons. The van der Waals surface area contributed by atoms with Crippen molar-refractivity contribution in [3.8, 4) is 0 Å². The average Bonchev–Trinajstić information content (AvgIpc) is 3.36. The van der Waals surface area contributed by atoms with Crippen LogP contribution in [0, 0.1) is 53.0 Å². The minimum absolute atomic E-state index is 0.220. The Balaban J connectivity index is 1.61. The maximum Gasteiger partial charge on any atom is 0.329 e. The molecule has 0 saturated heterocycles. The normalized spacial score (nSPS) is 32.3. The molecule has 4 unspecified atom stereocenters. The number of hydrogen-bond acceptors (Lipinski definition) is 20. The Morgan fingerprint density at radius 3 is 2.23 bits per heavy atom. The lowest BCUT2D eigenvalue weighted by molar-refractivity contribution is -0.790. The van der Waals surface area contributed by atoms with Gasteiger partial charge in [-0.15, -0.1) is 30.3 Å². The van der Waals surface area contributed by atoms with Gasteiger partial charge in [0.2, 0.25) is 17.3 Å². The number of hydrogen-bond donors (Lipinski definition) is 3. The number of aliphatic hydroxyl groups excluding tert-OH is 2. The van der Waals surface area contributed by atoms with Crippen molar-refractivity contribution in [3.05, 3.63) is 54.1 Å². The zero-order chi connectivity index (χ0) is 45.0. The van der Waals surface area contributed by atoms with Crippen LogP contribution >= 0.6 is 0 Å². The van der Waals surface area contributed by atoms with E-state index in [4.69, 9.17) is 14.2 Å². The minimum Gasteiger partial charge on any atom is -0.462 e. The van der Waals surface area contributed by atoms with Gasteiger partial charge < -0.3 is 44.3 Å². The second kappa shape index (κ2) is 18.1. The number of esters is 3. The van der Waals surface area contributed by atoms with Crippen LogP contribution in [-0.2, 0) is 57.5 Å². The molecule has 0 aromatic rings. The smallest absolute Gasteiger partial charge is 0.329 e. The van der Waals surface area contributed by atoms with Crippen LogP contribution in [0.5, 0.6) is 0 Å². The summed E-state index contributed by atoms with van der Waals surface area (Å²) in [4.78, 5) is 122. The number of ether oxygens (including phenoxy) is 3. The summed E-state index contributed by atoms with van der Waals surface area (Å²) < 4.78 is 49.3. The maximum atomic E-state index is 17.7. The number of fused-ring (bicyclic) bond motifs is 5. The predicted octanol–water partition coefficient (Wildman–Crippen LogP) is -0.118. The average molecular weight is 865 g/mol. The molecular formula is C34H42F2N4O20. The number of carbonyl (C=O) groups excluding carboxylic acids is 6. The van der Waals surface area contributed by atoms with Crippen LogP contribution in [0.4, 0.5) is 8.78 Å². The number of amides is 1. The molecule has 0 spiro atoms. The molecule has 0 heterocycles. The van der Waals surface area contributed by atoms with Gasteiger partial charge in [0, 0.05) is 30.1 Å². The van der Waals surface area contributed by atoms with E-state index in [1.165, 1.54) is 13.8 Å². The number of Topliss-reactive ketones (excluding diaryl/α,β-unsaturated/α-hetero) is 1. The van der Waals surface area contributed by atoms with Gasteiger partial charge in [-0.3, -0.25) is 24.0 Å². The second-order valence-corrected chi connectivity index (χ2v) is 15.1. The second-order valence-electron chi connectivity index (χ2n) is 15.1. The SMILES string of the molecule is CC(=O)NC(CC(=O)OCC(=O)[C@@]1(OC(=O)CCCO[N+](=O)[O-])[C@H](O)CC2C3C[C@H](F)C4=CC(=O)C=C[C@]4(C)[C@@]3(F)[C@@H](O)C[C@@]21C)C(=O)OCC(CO[N+](=O)[O-])O[N+](=O)[O-]. The van der Waals surface area contributed by atoms with E-state index in [9.17, 15) is 69.3 Å². The highest BCUT2D eigenvalue weighted by Gasteiger charge is 2.79. The zero-order valence-electron chi connectivity index (χ0n) is 32.2. The summed E-state index contributed by atoms with van der Waals surface area (Å²) >= 11 is 0. The van der Waals surface area contributed by atoms with Crippen LogP contribution in [0.1, 0.15) is 59.3 Å². The van der Waals surface area contributed by atoms with E-state index < -0.39 is 174 Å². The third kappa shape index (κ3) is 9.12. The molecule has 26 heteroatoms. The van der Waals surface area contributed by atoms with Gasteiger partial charge in [0.15, 0.2) is 24.2 Å². The van der Waals surface area contributed by atoms with Crippen LogP contribution in [0.3, 0.4) is 0 Å². The lowest BCUT2D eigenvalue weighted by atomic mass is 9.44. The first-order valence-electron chi connectivity index (χ1n) is 18.3. The molecule has 0 radical (unpaired) electrons. The standard InChI is InChI=1S/C34H42F2N4O20/c1-17(41)37-24(30(48)56-14-19(60-40(53)54)15-58-39(51)52)12-29(47)55-16-27(45)34(59-28(46)5-4-8-57-38(49)50)25(43)11-20-21-10-23(35)22-9-18(42)6-7-31(22,2)33(21,36)26(44)13-32(20,34)3/h6-7,9,19-21,23-26,43-44H,4-5,8,10-16H2,1-3H3,(H,37,41)/t19?,20?,21?,23-,24?,25+,26-,31-,32-,33-,34-/m0/s1. The summed E-state index contributed by atoms with van der Waals surface area (Å²) in [6.45, 7) is -0.548. The number of carbonyl (C=O) groups is 6. The quantitative estimate of drug-likeness (QED) is 0.0472. The molecule has 4 aliphatic rings. The topological polar surface area (TPSA) is 340 Å². The number of nitrogens with one attached hydrogen (secondary N) is 1. The molecule has 0 aromatic heterocycles. The highest BCUT2D eigenvalue weighted by Crippen LogP contribution is 2.70. The van der Waals surface area contributed by atoms with Crippen LogP contribution in [0.25, 0.3) is 0 Å². The number of halogens is 2. The molecule has 0 bridgehead atoms. The summed E-state index contributed by atoms with van der Waals surface area (Å²) in [6.07, 6.45) is -8.64. The maximum absolute atomic E-state index is 17.7. The number of aliphatic hydroxyl groups is 2. The van der Waals surface area contributed by atoms with E-state index >= 15 is 8.78 Å². The fraction of sp³-hybridized carbons (Fsp3) is 0.706. The first-order valence-corrected chi connectivity index (χ1v) is 18.3. The molecule has 4 rings (SSSR count). The van der Waals surface area contributed by atoms with Crippen molar-refractivity contribution < 1.29 is 91.7 Å². The number of nitrogens with zero attached hydrogens (tertiary/aromatic N) is 3. The van der Waals surface area contributed by atoms with Gasteiger partial charge in [-0.25, -0.2) is 13.6 Å². The number of alkyl halides is 2. The lowest BCUT2D eigenvalue weighted by Crippen LogP contribution is -2.71. The molecule has 0 aromatic carbocycles. The zero-order valence-corrected chi connectivity index (χ0v) is 32.2. The third-order valence-corrected chi connectivity index (χ3v) is 11.6. The summed E-state index contributed by atoms with van der Waals surface area (Å²) in [6, 6.07) is -1.90. The summed E-state index contributed by atoms with van der Waals surface area (Å²) in [7, 11) is 0. The van der Waals surface area contributed by atoms with E-state index in [0.29, 0.717) is 0 Å². The van der Waals surface area contributed by atoms with Gasteiger partial charge in [-0.1, -0.05) is 13.0 Å². The Hall–Kier alpha value is -5.92. The van der Waals surface area contributed by atoms with Gasteiger partial charge in [-0.05, 0) is 56.3 Å².